The molecule has 0 spiro atoms. The summed E-state index contributed by atoms with van der Waals surface area (Å²) in [7, 11) is 1.26. The predicted octanol–water partition coefficient (Wildman–Crippen LogP) is 1.14. The second-order valence-electron chi connectivity index (χ2n) is 5.44. The number of ether oxygens (including phenoxy) is 1. The molecule has 0 bridgehead atoms. The van der Waals surface area contributed by atoms with Gasteiger partial charge < -0.3 is 14.6 Å². The molecule has 0 aromatic rings. The Hall–Kier alpha value is -1.59. The van der Waals surface area contributed by atoms with Crippen molar-refractivity contribution < 1.29 is 24.2 Å². The van der Waals surface area contributed by atoms with Crippen molar-refractivity contribution in [3.05, 3.63) is 0 Å². The highest BCUT2D eigenvalue weighted by Gasteiger charge is 2.43. The number of hydrogen-bond acceptors (Lipinski definition) is 4. The molecule has 6 nitrogen and oxygen atoms in total. The number of fused-ring (bicyclic) bond motifs is 1. The molecule has 4 atom stereocenters. The first-order chi connectivity index (χ1) is 9.06. The highest BCUT2D eigenvalue weighted by atomic mass is 16.5. The fourth-order valence-corrected chi connectivity index (χ4v) is 3.36. The Morgan fingerprint density at radius 2 is 2.00 bits per heavy atom. The van der Waals surface area contributed by atoms with Crippen molar-refractivity contribution in [2.24, 2.45) is 17.8 Å². The Morgan fingerprint density at radius 1 is 1.26 bits per heavy atom. The Balaban J connectivity index is 2.12. The Kier molecular flexibility index (Phi) is 4.07. The van der Waals surface area contributed by atoms with Gasteiger partial charge in [-0.15, -0.1) is 0 Å². The van der Waals surface area contributed by atoms with Crippen LogP contribution < -0.4 is 0 Å². The lowest BCUT2D eigenvalue weighted by atomic mass is 9.69. The van der Waals surface area contributed by atoms with Crippen LogP contribution in [0.4, 0.5) is 4.79 Å². The van der Waals surface area contributed by atoms with Gasteiger partial charge in [-0.3, -0.25) is 4.90 Å². The molecule has 1 saturated heterocycles. The number of carboxylic acid groups (broad SMARTS) is 1. The SMILES string of the molecule is COC(=O)N1C[C@@H]2CCC(C=O)CC2CC1C(=O)O. The van der Waals surface area contributed by atoms with Gasteiger partial charge in [0.25, 0.3) is 0 Å². The second kappa shape index (κ2) is 5.59. The van der Waals surface area contributed by atoms with Crippen LogP contribution >= 0.6 is 0 Å². The molecule has 106 valence electrons. The number of piperidine rings is 1. The molecule has 6 heteroatoms. The maximum atomic E-state index is 11.7. The van der Waals surface area contributed by atoms with E-state index in [1.54, 1.807) is 0 Å². The van der Waals surface area contributed by atoms with Crippen molar-refractivity contribution in [2.75, 3.05) is 13.7 Å². The van der Waals surface area contributed by atoms with Crippen LogP contribution in [0.5, 0.6) is 0 Å². The van der Waals surface area contributed by atoms with Crippen LogP contribution in [0.1, 0.15) is 25.7 Å². The van der Waals surface area contributed by atoms with Gasteiger partial charge >= 0.3 is 12.1 Å². The molecule has 0 aromatic heterocycles. The van der Waals surface area contributed by atoms with Gasteiger partial charge in [-0.25, -0.2) is 9.59 Å². The molecule has 2 rings (SSSR count). The van der Waals surface area contributed by atoms with Gasteiger partial charge in [-0.2, -0.15) is 0 Å². The van der Waals surface area contributed by atoms with Crippen LogP contribution in [0.3, 0.4) is 0 Å². The molecule has 1 saturated carbocycles. The van der Waals surface area contributed by atoms with Gasteiger partial charge in [0, 0.05) is 12.5 Å². The van der Waals surface area contributed by atoms with Gasteiger partial charge in [0.1, 0.15) is 12.3 Å². The number of aliphatic carboxylic acids is 1. The number of hydrogen-bond donors (Lipinski definition) is 1. The minimum Gasteiger partial charge on any atom is -0.480 e. The van der Waals surface area contributed by atoms with Crippen LogP contribution in [0.25, 0.3) is 0 Å². The van der Waals surface area contributed by atoms with E-state index in [2.05, 4.69) is 4.74 Å². The topological polar surface area (TPSA) is 83.9 Å². The molecular formula is C13H19NO5. The number of carboxylic acids is 1. The third kappa shape index (κ3) is 2.72. The van der Waals surface area contributed by atoms with E-state index in [9.17, 15) is 19.5 Å². The first-order valence-corrected chi connectivity index (χ1v) is 6.59. The first kappa shape index (κ1) is 13.8. The largest absolute Gasteiger partial charge is 0.480 e. The molecule has 19 heavy (non-hydrogen) atoms. The van der Waals surface area contributed by atoms with Crippen molar-refractivity contribution in [2.45, 2.75) is 31.7 Å². The quantitative estimate of drug-likeness (QED) is 0.760. The van der Waals surface area contributed by atoms with Crippen molar-refractivity contribution in [1.29, 1.82) is 0 Å². The van der Waals surface area contributed by atoms with Crippen LogP contribution in [-0.2, 0) is 14.3 Å². The van der Waals surface area contributed by atoms with E-state index < -0.39 is 18.1 Å². The van der Waals surface area contributed by atoms with Gasteiger partial charge in [0.05, 0.1) is 7.11 Å². The van der Waals surface area contributed by atoms with E-state index in [0.29, 0.717) is 13.0 Å². The summed E-state index contributed by atoms with van der Waals surface area (Å²) in [5.41, 5.74) is 0. The lowest BCUT2D eigenvalue weighted by molar-refractivity contribution is -0.146. The molecule has 0 radical (unpaired) electrons. The maximum Gasteiger partial charge on any atom is 0.410 e. The average Bonchev–Trinajstić information content (AvgIpc) is 2.44. The Morgan fingerprint density at radius 3 is 2.58 bits per heavy atom. The summed E-state index contributed by atoms with van der Waals surface area (Å²) in [6.07, 6.45) is 3.25. The van der Waals surface area contributed by atoms with Gasteiger partial charge in [0.15, 0.2) is 0 Å². The molecule has 1 aliphatic heterocycles. The highest BCUT2D eigenvalue weighted by Crippen LogP contribution is 2.40. The number of nitrogens with zero attached hydrogens (tertiary/aromatic N) is 1. The van der Waals surface area contributed by atoms with Gasteiger partial charge in [0.2, 0.25) is 0 Å². The summed E-state index contributed by atoms with van der Waals surface area (Å²) in [4.78, 5) is 35.1. The monoisotopic (exact) mass is 269 g/mol. The highest BCUT2D eigenvalue weighted by molar-refractivity contribution is 5.80. The molecule has 1 heterocycles. The molecule has 1 aliphatic carbocycles. The molecule has 1 N–H and O–H groups in total. The smallest absolute Gasteiger partial charge is 0.410 e. The second-order valence-corrected chi connectivity index (χ2v) is 5.44. The van der Waals surface area contributed by atoms with E-state index in [4.69, 9.17) is 0 Å². The molecular weight excluding hydrogens is 250 g/mol. The third-order valence-corrected chi connectivity index (χ3v) is 4.40. The number of rotatable bonds is 2. The average molecular weight is 269 g/mol. The first-order valence-electron chi connectivity index (χ1n) is 6.59. The molecule has 2 aliphatic rings. The summed E-state index contributed by atoms with van der Waals surface area (Å²) in [5, 5.41) is 9.25. The molecule has 0 aromatic carbocycles. The standard InChI is InChI=1S/C13H19NO5/c1-19-13(18)14-6-9-3-2-8(7-15)4-10(9)5-11(14)12(16)17/h7-11H,2-6H2,1H3,(H,16,17)/t8?,9-,10?,11?/m0/s1. The van der Waals surface area contributed by atoms with E-state index in [1.807, 2.05) is 0 Å². The lowest BCUT2D eigenvalue weighted by Gasteiger charge is -2.44. The normalized spacial score (nSPS) is 34.3. The summed E-state index contributed by atoms with van der Waals surface area (Å²) < 4.78 is 4.66. The number of methoxy groups -OCH3 is 1. The molecule has 3 unspecified atom stereocenters. The van der Waals surface area contributed by atoms with Gasteiger partial charge in [-0.1, -0.05) is 0 Å². The van der Waals surface area contributed by atoms with Crippen molar-refractivity contribution in [3.63, 3.8) is 0 Å². The summed E-state index contributed by atoms with van der Waals surface area (Å²) >= 11 is 0. The summed E-state index contributed by atoms with van der Waals surface area (Å²) in [6.45, 7) is 0.417. The van der Waals surface area contributed by atoms with Crippen LogP contribution in [0.15, 0.2) is 0 Å². The molecule has 2 fully saturated rings. The van der Waals surface area contributed by atoms with Gasteiger partial charge in [-0.05, 0) is 37.5 Å². The maximum absolute atomic E-state index is 11.7. The summed E-state index contributed by atoms with van der Waals surface area (Å²) in [6, 6.07) is -0.834. The van der Waals surface area contributed by atoms with Crippen molar-refractivity contribution in [3.8, 4) is 0 Å². The zero-order valence-electron chi connectivity index (χ0n) is 10.9. The summed E-state index contributed by atoms with van der Waals surface area (Å²) in [5.74, 6) is -0.464. The minimum absolute atomic E-state index is 0.0420. The van der Waals surface area contributed by atoms with E-state index >= 15 is 0 Å². The Bertz CT molecular complexity index is 383. The van der Waals surface area contributed by atoms with E-state index in [-0.39, 0.29) is 17.8 Å². The van der Waals surface area contributed by atoms with Crippen molar-refractivity contribution >= 4 is 18.3 Å². The van der Waals surface area contributed by atoms with E-state index in [0.717, 1.165) is 25.5 Å². The van der Waals surface area contributed by atoms with Crippen LogP contribution in [0, 0.1) is 17.8 Å². The van der Waals surface area contributed by atoms with Crippen molar-refractivity contribution in [1.82, 2.24) is 4.90 Å². The number of carbonyl (C=O) groups is 3. The number of aldehydes is 1. The van der Waals surface area contributed by atoms with Crippen LogP contribution in [-0.4, -0.2) is 48.1 Å². The van der Waals surface area contributed by atoms with Crippen LogP contribution in [0.2, 0.25) is 0 Å². The third-order valence-electron chi connectivity index (χ3n) is 4.40. The fourth-order valence-electron chi connectivity index (χ4n) is 3.36. The zero-order chi connectivity index (χ0) is 14.0. The van der Waals surface area contributed by atoms with E-state index in [1.165, 1.54) is 12.0 Å². The number of carbonyl (C=O) groups excluding carboxylic acids is 2. The predicted molar refractivity (Wildman–Crippen MR) is 65.5 cm³/mol. The number of likely N-dealkylation sites (tertiary alicyclic amines) is 1. The zero-order valence-corrected chi connectivity index (χ0v) is 10.9. The lowest BCUT2D eigenvalue weighted by Crippen LogP contribution is -2.54. The minimum atomic E-state index is -1.00. The number of amides is 1. The molecule has 1 amide bonds. The fraction of sp³-hybridized carbons (Fsp3) is 0.769. The Labute approximate surface area is 111 Å².